The van der Waals surface area contributed by atoms with Gasteiger partial charge in [-0.15, -0.1) is 0 Å². The molecule has 0 amide bonds. The summed E-state index contributed by atoms with van der Waals surface area (Å²) in [6, 6.07) is 0. The fraction of sp³-hybridized carbons (Fsp3) is 1.00. The van der Waals surface area contributed by atoms with Crippen molar-refractivity contribution in [1.29, 1.82) is 0 Å². The fourth-order valence-corrected chi connectivity index (χ4v) is 11.9. The van der Waals surface area contributed by atoms with E-state index in [0.29, 0.717) is 16.2 Å². The highest BCUT2D eigenvalue weighted by Gasteiger charge is 2.53. The van der Waals surface area contributed by atoms with Crippen molar-refractivity contribution in [3.8, 4) is 0 Å². The predicted octanol–water partition coefficient (Wildman–Crippen LogP) is 10.2. The van der Waals surface area contributed by atoms with Crippen LogP contribution in [0.5, 0.6) is 0 Å². The molecule has 184 valence electrons. The summed E-state index contributed by atoms with van der Waals surface area (Å²) in [4.78, 5) is 0. The minimum absolute atomic E-state index is 0.594. The van der Waals surface area contributed by atoms with Gasteiger partial charge in [-0.3, -0.25) is 0 Å². The van der Waals surface area contributed by atoms with E-state index in [1.165, 1.54) is 77.0 Å². The van der Waals surface area contributed by atoms with Crippen molar-refractivity contribution in [2.45, 2.75) is 160 Å². The lowest BCUT2D eigenvalue weighted by Gasteiger charge is -2.49. The third-order valence-corrected chi connectivity index (χ3v) is 14.1. The molecule has 6 unspecified atom stereocenters. The maximum Gasteiger partial charge on any atom is 0.00866 e. The summed E-state index contributed by atoms with van der Waals surface area (Å²) in [6.45, 7) is 8.20. The number of hydrogen-bond acceptors (Lipinski definition) is 1. The van der Waals surface area contributed by atoms with Gasteiger partial charge >= 0.3 is 0 Å². The molecule has 5 fully saturated rings. The molecule has 0 N–H and O–H groups in total. The minimum atomic E-state index is 0.594. The largest absolute Gasteiger partial charge is 0.155 e. The monoisotopic (exact) mass is 458 g/mol. The predicted molar refractivity (Wildman–Crippen MR) is 142 cm³/mol. The molecule has 0 aromatic rings. The summed E-state index contributed by atoms with van der Waals surface area (Å²) >= 11 is 2.53. The Bertz CT molecular complexity index is 612. The van der Waals surface area contributed by atoms with Crippen LogP contribution in [0.4, 0.5) is 0 Å². The Balaban J connectivity index is 1.28. The van der Waals surface area contributed by atoms with Crippen LogP contribution >= 0.6 is 11.8 Å². The molecular formula is C31H54S. The third kappa shape index (κ3) is 4.60. The van der Waals surface area contributed by atoms with E-state index in [9.17, 15) is 0 Å². The van der Waals surface area contributed by atoms with Crippen LogP contribution in [0.3, 0.4) is 0 Å². The molecule has 1 heteroatoms. The molecule has 0 spiro atoms. The Kier molecular flexibility index (Phi) is 7.35. The second-order valence-corrected chi connectivity index (χ2v) is 15.6. The van der Waals surface area contributed by atoms with Gasteiger partial charge in [-0.25, -0.2) is 0 Å². The molecule has 32 heavy (non-hydrogen) atoms. The van der Waals surface area contributed by atoms with E-state index in [4.69, 9.17) is 0 Å². The van der Waals surface area contributed by atoms with Gasteiger partial charge in [0.2, 0.25) is 0 Å². The Hall–Kier alpha value is 0.350. The third-order valence-electron chi connectivity index (χ3n) is 12.3. The lowest BCUT2D eigenvalue weighted by atomic mass is 9.57. The molecule has 0 bridgehead atoms. The molecular weight excluding hydrogens is 404 g/mol. The average Bonchev–Trinajstić information content (AvgIpc) is 2.88. The van der Waals surface area contributed by atoms with Crippen LogP contribution in [-0.2, 0) is 0 Å². The Morgan fingerprint density at radius 1 is 0.500 bits per heavy atom. The van der Waals surface area contributed by atoms with Crippen molar-refractivity contribution in [2.24, 2.45) is 34.0 Å². The van der Waals surface area contributed by atoms with Crippen LogP contribution in [0.2, 0.25) is 0 Å². The van der Waals surface area contributed by atoms with Crippen LogP contribution < -0.4 is 0 Å². The van der Waals surface area contributed by atoms with Crippen LogP contribution in [-0.4, -0.2) is 10.5 Å². The average molecular weight is 459 g/mol. The topological polar surface area (TPSA) is 0 Å². The van der Waals surface area contributed by atoms with Gasteiger partial charge in [-0.05, 0) is 105 Å². The van der Waals surface area contributed by atoms with Crippen LogP contribution in [0, 0.1) is 34.0 Å². The molecule has 1 saturated heterocycles. The van der Waals surface area contributed by atoms with Gasteiger partial charge in [0, 0.05) is 10.5 Å². The molecule has 0 radical (unpaired) electrons. The lowest BCUT2D eigenvalue weighted by Crippen LogP contribution is -2.40. The highest BCUT2D eigenvalue weighted by Crippen LogP contribution is 2.63. The molecule has 5 rings (SSSR count). The summed E-state index contributed by atoms with van der Waals surface area (Å²) in [5.74, 6) is 3.16. The second-order valence-electron chi connectivity index (χ2n) is 14.1. The molecule has 4 saturated carbocycles. The standard InChI is InChI=1S/C31H54S/c1-29(24-13-8-7-9-14-24)21-16-26-25-15-12-20-31(3,23-28(25)32-27(26)17-22-29)30(2)18-10-5-4-6-11-19-30/h24-28H,4-23H2,1-3H3. The first kappa shape index (κ1) is 24.1. The lowest BCUT2D eigenvalue weighted by molar-refractivity contribution is 0.0243. The van der Waals surface area contributed by atoms with Crippen molar-refractivity contribution in [3.63, 3.8) is 0 Å². The van der Waals surface area contributed by atoms with Crippen LogP contribution in [0.15, 0.2) is 0 Å². The van der Waals surface area contributed by atoms with Gasteiger partial charge in [-0.1, -0.05) is 78.6 Å². The SMILES string of the molecule is CC1(C2CCCCC2)CCC2SC3CC(C)(C4(C)CCCCCCC4)CCCC3C2CC1. The fourth-order valence-electron chi connectivity index (χ4n) is 9.67. The van der Waals surface area contributed by atoms with Crippen molar-refractivity contribution < 1.29 is 0 Å². The summed E-state index contributed by atoms with van der Waals surface area (Å²) in [7, 11) is 0. The molecule has 0 aromatic heterocycles. The van der Waals surface area contributed by atoms with Crippen LogP contribution in [0.25, 0.3) is 0 Å². The molecule has 1 aliphatic heterocycles. The maximum atomic E-state index is 2.76. The van der Waals surface area contributed by atoms with E-state index >= 15 is 0 Å². The van der Waals surface area contributed by atoms with Crippen molar-refractivity contribution >= 4 is 11.8 Å². The first-order valence-corrected chi connectivity index (χ1v) is 16.0. The first-order valence-electron chi connectivity index (χ1n) is 15.1. The summed E-state index contributed by atoms with van der Waals surface area (Å²) in [6.07, 6.45) is 30.5. The Morgan fingerprint density at radius 2 is 1.09 bits per heavy atom. The maximum absolute atomic E-state index is 2.76. The van der Waals surface area contributed by atoms with Gasteiger partial charge in [0.05, 0.1) is 0 Å². The van der Waals surface area contributed by atoms with Crippen molar-refractivity contribution in [1.82, 2.24) is 0 Å². The number of fused-ring (bicyclic) bond motifs is 3. The normalized spacial score (nSPS) is 46.2. The van der Waals surface area contributed by atoms with Gasteiger partial charge in [0.1, 0.15) is 0 Å². The molecule has 0 nitrogen and oxygen atoms in total. The van der Waals surface area contributed by atoms with E-state index in [2.05, 4.69) is 32.5 Å². The van der Waals surface area contributed by atoms with Gasteiger partial charge < -0.3 is 0 Å². The van der Waals surface area contributed by atoms with Crippen molar-refractivity contribution in [2.75, 3.05) is 0 Å². The van der Waals surface area contributed by atoms with E-state index in [-0.39, 0.29) is 0 Å². The Labute approximate surface area is 205 Å². The van der Waals surface area contributed by atoms with E-state index in [0.717, 1.165) is 28.3 Å². The molecule has 4 aliphatic carbocycles. The van der Waals surface area contributed by atoms with Crippen LogP contribution in [0.1, 0.15) is 149 Å². The highest BCUT2D eigenvalue weighted by atomic mass is 32.2. The molecule has 6 atom stereocenters. The summed E-state index contributed by atoms with van der Waals surface area (Å²) in [5.41, 5.74) is 1.87. The zero-order chi connectivity index (χ0) is 22.2. The van der Waals surface area contributed by atoms with Gasteiger partial charge in [0.15, 0.2) is 0 Å². The zero-order valence-electron chi connectivity index (χ0n) is 21.9. The quantitative estimate of drug-likeness (QED) is 0.396. The molecule has 0 aromatic carbocycles. The van der Waals surface area contributed by atoms with E-state index < -0.39 is 0 Å². The van der Waals surface area contributed by atoms with E-state index in [1.807, 2.05) is 0 Å². The molecule has 5 aliphatic rings. The minimum Gasteiger partial charge on any atom is -0.155 e. The number of hydrogen-bond donors (Lipinski definition) is 0. The van der Waals surface area contributed by atoms with E-state index in [1.54, 1.807) is 51.4 Å². The number of rotatable bonds is 2. The van der Waals surface area contributed by atoms with Crippen molar-refractivity contribution in [3.05, 3.63) is 0 Å². The van der Waals surface area contributed by atoms with Gasteiger partial charge in [-0.2, -0.15) is 11.8 Å². The molecule has 1 heterocycles. The smallest absolute Gasteiger partial charge is 0.00866 e. The zero-order valence-corrected chi connectivity index (χ0v) is 22.8. The Morgan fingerprint density at radius 3 is 1.84 bits per heavy atom. The van der Waals surface area contributed by atoms with Gasteiger partial charge in [0.25, 0.3) is 0 Å². The summed E-state index contributed by atoms with van der Waals surface area (Å²) in [5, 5.41) is 1.99. The summed E-state index contributed by atoms with van der Waals surface area (Å²) < 4.78 is 0. The highest BCUT2D eigenvalue weighted by molar-refractivity contribution is 8.00. The first-order chi connectivity index (χ1) is 15.4. The second kappa shape index (κ2) is 9.78. The number of thioether (sulfide) groups is 1.